The van der Waals surface area contributed by atoms with Crippen molar-refractivity contribution in [2.45, 2.75) is 12.8 Å². The van der Waals surface area contributed by atoms with Crippen LogP contribution in [0.25, 0.3) is 0 Å². The lowest BCUT2D eigenvalue weighted by Gasteiger charge is -2.08. The van der Waals surface area contributed by atoms with Crippen LogP contribution in [0.2, 0.25) is 0 Å². The van der Waals surface area contributed by atoms with Gasteiger partial charge in [-0.05, 0) is 12.5 Å². The first-order valence-electron chi connectivity index (χ1n) is 5.80. The van der Waals surface area contributed by atoms with Gasteiger partial charge in [0, 0.05) is 25.6 Å². The number of non-ortho nitro benzene ring substituents is 1. The average molecular weight is 282 g/mol. The Balaban J connectivity index is 2.72. The second-order valence-electron chi connectivity index (χ2n) is 3.87. The summed E-state index contributed by atoms with van der Waals surface area (Å²) in [5, 5.41) is 22.0. The van der Waals surface area contributed by atoms with Gasteiger partial charge in [-0.3, -0.25) is 14.9 Å². The number of carboxylic acids is 1. The molecule has 0 spiro atoms. The molecule has 0 saturated heterocycles. The molecule has 0 aliphatic rings. The molecule has 0 bridgehead atoms. The molecule has 1 aromatic carbocycles. The standard InChI is InChI=1S/C12H14N2O6/c1-13-11(15)3-2-6-20-10-5-4-8(14(18)19)7-9(10)12(16)17/h4-5,7H,2-3,6H2,1H3,(H,13,15)(H,16,17). The summed E-state index contributed by atoms with van der Waals surface area (Å²) >= 11 is 0. The van der Waals surface area contributed by atoms with Crippen molar-refractivity contribution in [1.82, 2.24) is 5.32 Å². The molecule has 0 aliphatic heterocycles. The van der Waals surface area contributed by atoms with Crippen LogP contribution in [-0.2, 0) is 4.79 Å². The zero-order valence-electron chi connectivity index (χ0n) is 10.8. The fourth-order valence-electron chi connectivity index (χ4n) is 1.46. The predicted octanol–water partition coefficient (Wildman–Crippen LogP) is 1.20. The molecular weight excluding hydrogens is 268 g/mol. The minimum atomic E-state index is -1.31. The van der Waals surface area contributed by atoms with Gasteiger partial charge < -0.3 is 15.2 Å². The SMILES string of the molecule is CNC(=O)CCCOc1ccc([N+](=O)[O-])cc1C(=O)O. The van der Waals surface area contributed by atoms with Gasteiger partial charge in [0.2, 0.25) is 5.91 Å². The molecule has 1 rings (SSSR count). The summed E-state index contributed by atoms with van der Waals surface area (Å²) in [6.07, 6.45) is 0.668. The summed E-state index contributed by atoms with van der Waals surface area (Å²) in [5.74, 6) is -1.41. The van der Waals surface area contributed by atoms with Crippen LogP contribution >= 0.6 is 0 Å². The third kappa shape index (κ3) is 4.23. The lowest BCUT2D eigenvalue weighted by atomic mass is 10.2. The van der Waals surface area contributed by atoms with E-state index in [0.717, 1.165) is 6.07 Å². The van der Waals surface area contributed by atoms with Crippen molar-refractivity contribution in [3.63, 3.8) is 0 Å². The number of nitrogens with zero attached hydrogens (tertiary/aromatic N) is 1. The lowest BCUT2D eigenvalue weighted by molar-refractivity contribution is -0.384. The summed E-state index contributed by atoms with van der Waals surface area (Å²) in [4.78, 5) is 31.9. The van der Waals surface area contributed by atoms with Crippen LogP contribution in [-0.4, -0.2) is 35.6 Å². The largest absolute Gasteiger partial charge is 0.493 e. The van der Waals surface area contributed by atoms with Gasteiger partial charge in [0.05, 0.1) is 11.5 Å². The number of carbonyl (C=O) groups is 2. The van der Waals surface area contributed by atoms with Crippen molar-refractivity contribution in [3.8, 4) is 5.75 Å². The lowest BCUT2D eigenvalue weighted by Crippen LogP contribution is -2.18. The number of nitro benzene ring substituents is 1. The molecule has 1 amide bonds. The van der Waals surface area contributed by atoms with Crippen LogP contribution < -0.4 is 10.1 Å². The van der Waals surface area contributed by atoms with Crippen LogP contribution in [0.4, 0.5) is 5.69 Å². The van der Waals surface area contributed by atoms with Gasteiger partial charge in [0.1, 0.15) is 11.3 Å². The number of nitro groups is 1. The van der Waals surface area contributed by atoms with Crippen molar-refractivity contribution >= 4 is 17.6 Å². The summed E-state index contributed by atoms with van der Waals surface area (Å²) in [6.45, 7) is 0.144. The van der Waals surface area contributed by atoms with Gasteiger partial charge in [-0.1, -0.05) is 0 Å². The zero-order chi connectivity index (χ0) is 15.1. The van der Waals surface area contributed by atoms with E-state index in [-0.39, 0.29) is 35.9 Å². The van der Waals surface area contributed by atoms with E-state index in [0.29, 0.717) is 6.42 Å². The highest BCUT2D eigenvalue weighted by atomic mass is 16.6. The normalized spacial score (nSPS) is 9.85. The molecule has 8 heteroatoms. The minimum absolute atomic E-state index is 0.0417. The molecule has 0 atom stereocenters. The Morgan fingerprint density at radius 3 is 2.70 bits per heavy atom. The molecule has 20 heavy (non-hydrogen) atoms. The van der Waals surface area contributed by atoms with Gasteiger partial charge in [-0.15, -0.1) is 0 Å². The summed E-state index contributed by atoms with van der Waals surface area (Å²) in [5.41, 5.74) is -0.598. The summed E-state index contributed by atoms with van der Waals surface area (Å²) in [7, 11) is 1.52. The van der Waals surface area contributed by atoms with Crippen LogP contribution in [0.15, 0.2) is 18.2 Å². The van der Waals surface area contributed by atoms with E-state index in [1.807, 2.05) is 0 Å². The molecule has 0 fully saturated rings. The number of nitrogens with one attached hydrogen (secondary N) is 1. The fourth-order valence-corrected chi connectivity index (χ4v) is 1.46. The van der Waals surface area contributed by atoms with Crippen LogP contribution in [0.3, 0.4) is 0 Å². The van der Waals surface area contributed by atoms with Crippen LogP contribution in [0, 0.1) is 10.1 Å². The van der Waals surface area contributed by atoms with Gasteiger partial charge in [0.25, 0.3) is 5.69 Å². The third-order valence-corrected chi connectivity index (χ3v) is 2.49. The Morgan fingerprint density at radius 2 is 2.15 bits per heavy atom. The summed E-state index contributed by atoms with van der Waals surface area (Å²) in [6, 6.07) is 3.35. The molecule has 0 unspecified atom stereocenters. The van der Waals surface area contributed by atoms with E-state index in [1.165, 1.54) is 19.2 Å². The topological polar surface area (TPSA) is 119 Å². The highest BCUT2D eigenvalue weighted by Gasteiger charge is 2.17. The first-order chi connectivity index (χ1) is 9.45. The highest BCUT2D eigenvalue weighted by Crippen LogP contribution is 2.24. The molecule has 0 radical (unpaired) electrons. The van der Waals surface area contributed by atoms with Gasteiger partial charge in [0.15, 0.2) is 0 Å². The fraction of sp³-hybridized carbons (Fsp3) is 0.333. The first kappa shape index (κ1) is 15.4. The Hall–Kier alpha value is -2.64. The first-order valence-corrected chi connectivity index (χ1v) is 5.80. The van der Waals surface area contributed by atoms with E-state index >= 15 is 0 Å². The quantitative estimate of drug-likeness (QED) is 0.440. The van der Waals surface area contributed by atoms with Crippen LogP contribution in [0.5, 0.6) is 5.75 Å². The third-order valence-electron chi connectivity index (χ3n) is 2.49. The Kier molecular flexibility index (Phi) is 5.45. The highest BCUT2D eigenvalue weighted by molar-refractivity contribution is 5.91. The monoisotopic (exact) mass is 282 g/mol. The van der Waals surface area contributed by atoms with Crippen molar-refractivity contribution < 1.29 is 24.4 Å². The number of aromatic carboxylic acids is 1. The van der Waals surface area contributed by atoms with Crippen molar-refractivity contribution in [2.75, 3.05) is 13.7 Å². The molecule has 2 N–H and O–H groups in total. The number of benzene rings is 1. The Labute approximate surface area is 114 Å². The van der Waals surface area contributed by atoms with Crippen molar-refractivity contribution in [1.29, 1.82) is 0 Å². The van der Waals surface area contributed by atoms with E-state index < -0.39 is 10.9 Å². The maximum atomic E-state index is 11.0. The van der Waals surface area contributed by atoms with Crippen molar-refractivity contribution in [3.05, 3.63) is 33.9 Å². The molecular formula is C12H14N2O6. The molecule has 0 heterocycles. The van der Waals surface area contributed by atoms with E-state index in [2.05, 4.69) is 5.32 Å². The average Bonchev–Trinajstić information content (AvgIpc) is 2.42. The minimum Gasteiger partial charge on any atom is -0.493 e. The number of carboxylic acid groups (broad SMARTS) is 1. The number of amides is 1. The molecule has 0 saturated carbocycles. The molecule has 1 aromatic rings. The predicted molar refractivity (Wildman–Crippen MR) is 68.9 cm³/mol. The number of rotatable bonds is 7. The summed E-state index contributed by atoms with van der Waals surface area (Å²) < 4.78 is 5.24. The molecule has 0 aliphatic carbocycles. The van der Waals surface area contributed by atoms with E-state index in [1.54, 1.807) is 0 Å². The molecule has 0 aromatic heterocycles. The maximum absolute atomic E-state index is 11.0. The smallest absolute Gasteiger partial charge is 0.339 e. The Bertz CT molecular complexity index is 529. The van der Waals surface area contributed by atoms with E-state index in [9.17, 15) is 19.7 Å². The number of ether oxygens (including phenoxy) is 1. The van der Waals surface area contributed by atoms with Gasteiger partial charge in [-0.2, -0.15) is 0 Å². The van der Waals surface area contributed by atoms with Gasteiger partial charge in [-0.25, -0.2) is 4.79 Å². The maximum Gasteiger partial charge on any atom is 0.339 e. The van der Waals surface area contributed by atoms with Crippen LogP contribution in [0.1, 0.15) is 23.2 Å². The van der Waals surface area contributed by atoms with E-state index in [4.69, 9.17) is 9.84 Å². The molecule has 108 valence electrons. The Morgan fingerprint density at radius 1 is 1.45 bits per heavy atom. The number of hydrogen-bond donors (Lipinski definition) is 2. The second kappa shape index (κ2) is 7.07. The molecule has 8 nitrogen and oxygen atoms in total. The zero-order valence-corrected chi connectivity index (χ0v) is 10.8. The van der Waals surface area contributed by atoms with Crippen molar-refractivity contribution in [2.24, 2.45) is 0 Å². The second-order valence-corrected chi connectivity index (χ2v) is 3.87. The number of hydrogen-bond acceptors (Lipinski definition) is 5. The van der Waals surface area contributed by atoms with Gasteiger partial charge >= 0.3 is 5.97 Å². The number of carbonyl (C=O) groups excluding carboxylic acids is 1.